The third kappa shape index (κ3) is 3.65. The molecule has 0 bridgehead atoms. The summed E-state index contributed by atoms with van der Waals surface area (Å²) in [4.78, 5) is 16.3. The number of methoxy groups -OCH3 is 1. The third-order valence-electron chi connectivity index (χ3n) is 5.61. The van der Waals surface area contributed by atoms with Gasteiger partial charge in [0.05, 0.1) is 12.8 Å². The summed E-state index contributed by atoms with van der Waals surface area (Å²) < 4.78 is 5.54. The first-order valence-corrected chi connectivity index (χ1v) is 9.59. The molecule has 1 fully saturated rings. The Kier molecular flexibility index (Phi) is 5.03. The summed E-state index contributed by atoms with van der Waals surface area (Å²) in [6.07, 6.45) is 5.97. The van der Waals surface area contributed by atoms with Crippen molar-refractivity contribution in [2.75, 3.05) is 20.2 Å². The second-order valence-electron chi connectivity index (χ2n) is 7.38. The molecule has 1 saturated heterocycles. The molecule has 0 spiro atoms. The van der Waals surface area contributed by atoms with Gasteiger partial charge in [-0.2, -0.15) is 0 Å². The fourth-order valence-corrected chi connectivity index (χ4v) is 4.02. The highest BCUT2D eigenvalue weighted by atomic mass is 16.5. The number of ether oxygens (including phenoxy) is 1. The zero-order chi connectivity index (χ0) is 18.8. The number of pyridine rings is 3. The minimum Gasteiger partial charge on any atom is -0.496 e. The average molecular weight is 362 g/mol. The monoisotopic (exact) mass is 362 g/mol. The van der Waals surface area contributed by atoms with Crippen LogP contribution in [0.1, 0.15) is 41.3 Å². The third-order valence-corrected chi connectivity index (χ3v) is 5.61. The van der Waals surface area contributed by atoms with Gasteiger partial charge in [0.25, 0.3) is 0 Å². The van der Waals surface area contributed by atoms with Crippen molar-refractivity contribution in [1.82, 2.24) is 19.9 Å². The molecule has 5 nitrogen and oxygen atoms in total. The summed E-state index contributed by atoms with van der Waals surface area (Å²) in [5.41, 5.74) is 5.38. The summed E-state index contributed by atoms with van der Waals surface area (Å²) in [5.74, 6) is 1.47. The molecule has 4 heterocycles. The summed E-state index contributed by atoms with van der Waals surface area (Å²) in [6, 6.07) is 8.33. The first-order valence-electron chi connectivity index (χ1n) is 9.59. The lowest BCUT2D eigenvalue weighted by Crippen LogP contribution is -2.33. The van der Waals surface area contributed by atoms with E-state index in [2.05, 4.69) is 40.0 Å². The molecule has 0 saturated carbocycles. The van der Waals surface area contributed by atoms with Gasteiger partial charge in [-0.25, -0.2) is 9.97 Å². The molecule has 0 unspecified atom stereocenters. The van der Waals surface area contributed by atoms with Gasteiger partial charge in [-0.15, -0.1) is 0 Å². The Bertz CT molecular complexity index is 948. The van der Waals surface area contributed by atoms with Crippen molar-refractivity contribution in [1.29, 1.82) is 0 Å². The number of rotatable bonds is 4. The Hall–Kier alpha value is -2.53. The highest BCUT2D eigenvalue weighted by Crippen LogP contribution is 2.30. The van der Waals surface area contributed by atoms with Crippen molar-refractivity contribution in [2.45, 2.75) is 39.2 Å². The first-order chi connectivity index (χ1) is 13.2. The van der Waals surface area contributed by atoms with Crippen molar-refractivity contribution in [3.63, 3.8) is 0 Å². The van der Waals surface area contributed by atoms with Crippen LogP contribution < -0.4 is 4.74 Å². The van der Waals surface area contributed by atoms with Crippen LogP contribution in [0.15, 0.2) is 36.7 Å². The van der Waals surface area contributed by atoms with Gasteiger partial charge in [0.15, 0.2) is 5.65 Å². The Balaban J connectivity index is 1.43. The van der Waals surface area contributed by atoms with Crippen LogP contribution in [0.25, 0.3) is 11.0 Å². The van der Waals surface area contributed by atoms with Gasteiger partial charge < -0.3 is 4.74 Å². The van der Waals surface area contributed by atoms with E-state index >= 15 is 0 Å². The Morgan fingerprint density at radius 2 is 1.93 bits per heavy atom. The van der Waals surface area contributed by atoms with Gasteiger partial charge in [-0.3, -0.25) is 9.88 Å². The van der Waals surface area contributed by atoms with E-state index < -0.39 is 0 Å². The number of piperidine rings is 1. The van der Waals surface area contributed by atoms with E-state index in [1.165, 1.54) is 5.69 Å². The van der Waals surface area contributed by atoms with Gasteiger partial charge in [0, 0.05) is 47.1 Å². The first kappa shape index (κ1) is 17.9. The quantitative estimate of drug-likeness (QED) is 0.701. The van der Waals surface area contributed by atoms with Gasteiger partial charge in [0.2, 0.25) is 0 Å². The molecular weight excluding hydrogens is 336 g/mol. The maximum atomic E-state index is 5.54. The summed E-state index contributed by atoms with van der Waals surface area (Å²) in [5, 5.41) is 1.11. The molecule has 1 aliphatic rings. The molecule has 0 atom stereocenters. The molecular formula is C22H26N4O. The second-order valence-corrected chi connectivity index (χ2v) is 7.38. The maximum Gasteiger partial charge on any atom is 0.159 e. The molecule has 5 heteroatoms. The number of fused-ring (bicyclic) bond motifs is 1. The lowest BCUT2D eigenvalue weighted by molar-refractivity contribution is 0.200. The van der Waals surface area contributed by atoms with Crippen molar-refractivity contribution in [3.8, 4) is 5.75 Å². The van der Waals surface area contributed by atoms with Crippen LogP contribution in [0.3, 0.4) is 0 Å². The molecule has 140 valence electrons. The summed E-state index contributed by atoms with van der Waals surface area (Å²) >= 11 is 0. The van der Waals surface area contributed by atoms with E-state index in [1.54, 1.807) is 7.11 Å². The Labute approximate surface area is 160 Å². The van der Waals surface area contributed by atoms with E-state index in [9.17, 15) is 0 Å². The normalized spacial score (nSPS) is 16.0. The standard InChI is InChI=1S/C22H26N4O/c1-15-13-24-20(16(2)21(15)27-3)14-26-11-8-17(9-12-26)19-7-6-18-5-4-10-23-22(18)25-19/h4-7,10,13,17H,8-9,11-12,14H2,1-3H3. The van der Waals surface area contributed by atoms with Crippen LogP contribution in [0.5, 0.6) is 5.75 Å². The number of aryl methyl sites for hydroxylation is 1. The van der Waals surface area contributed by atoms with Crippen molar-refractivity contribution in [2.24, 2.45) is 0 Å². The van der Waals surface area contributed by atoms with E-state index in [0.29, 0.717) is 5.92 Å². The van der Waals surface area contributed by atoms with Crippen LogP contribution in [0.2, 0.25) is 0 Å². The molecule has 0 aliphatic carbocycles. The fourth-order valence-electron chi connectivity index (χ4n) is 4.02. The van der Waals surface area contributed by atoms with Gasteiger partial charge in [0.1, 0.15) is 5.75 Å². The molecule has 3 aromatic heterocycles. The predicted molar refractivity (Wildman–Crippen MR) is 107 cm³/mol. The van der Waals surface area contributed by atoms with E-state index in [0.717, 1.165) is 66.1 Å². The summed E-state index contributed by atoms with van der Waals surface area (Å²) in [7, 11) is 1.73. The van der Waals surface area contributed by atoms with Gasteiger partial charge in [-0.1, -0.05) is 0 Å². The zero-order valence-corrected chi connectivity index (χ0v) is 16.3. The Morgan fingerprint density at radius 3 is 2.70 bits per heavy atom. The van der Waals surface area contributed by atoms with Crippen LogP contribution in [-0.2, 0) is 6.54 Å². The molecule has 1 aliphatic heterocycles. The number of likely N-dealkylation sites (tertiary alicyclic amines) is 1. The molecule has 0 radical (unpaired) electrons. The fraction of sp³-hybridized carbons (Fsp3) is 0.409. The maximum absolute atomic E-state index is 5.54. The number of nitrogens with zero attached hydrogens (tertiary/aromatic N) is 4. The van der Waals surface area contributed by atoms with Crippen molar-refractivity contribution in [3.05, 3.63) is 59.2 Å². The molecule has 0 aromatic carbocycles. The van der Waals surface area contributed by atoms with Crippen LogP contribution in [-0.4, -0.2) is 40.1 Å². The predicted octanol–water partition coefficient (Wildman–Crippen LogP) is 4.03. The Morgan fingerprint density at radius 1 is 1.11 bits per heavy atom. The molecule has 0 amide bonds. The lowest BCUT2D eigenvalue weighted by atomic mass is 9.92. The topological polar surface area (TPSA) is 51.1 Å². The molecule has 0 N–H and O–H groups in total. The van der Waals surface area contributed by atoms with Gasteiger partial charge >= 0.3 is 0 Å². The van der Waals surface area contributed by atoms with E-state index in [-0.39, 0.29) is 0 Å². The second kappa shape index (κ2) is 7.61. The smallest absolute Gasteiger partial charge is 0.159 e. The minimum atomic E-state index is 0.509. The SMILES string of the molecule is COc1c(C)cnc(CN2CCC(c3ccc4cccnc4n3)CC2)c1C. The van der Waals surface area contributed by atoms with Crippen LogP contribution in [0.4, 0.5) is 0 Å². The highest BCUT2D eigenvalue weighted by molar-refractivity contribution is 5.74. The number of hydrogen-bond acceptors (Lipinski definition) is 5. The summed E-state index contributed by atoms with van der Waals surface area (Å²) in [6.45, 7) is 7.14. The lowest BCUT2D eigenvalue weighted by Gasteiger charge is -2.32. The van der Waals surface area contributed by atoms with Crippen molar-refractivity contribution >= 4 is 11.0 Å². The average Bonchev–Trinajstić information content (AvgIpc) is 2.71. The number of aromatic nitrogens is 3. The molecule has 4 rings (SSSR count). The van der Waals surface area contributed by atoms with Crippen LogP contribution >= 0.6 is 0 Å². The molecule has 27 heavy (non-hydrogen) atoms. The van der Waals surface area contributed by atoms with Crippen molar-refractivity contribution < 1.29 is 4.74 Å². The molecule has 3 aromatic rings. The van der Waals surface area contributed by atoms with E-state index in [1.807, 2.05) is 25.4 Å². The van der Waals surface area contributed by atoms with Crippen LogP contribution in [0, 0.1) is 13.8 Å². The number of hydrogen-bond donors (Lipinski definition) is 0. The largest absolute Gasteiger partial charge is 0.496 e. The zero-order valence-electron chi connectivity index (χ0n) is 16.3. The van der Waals surface area contributed by atoms with E-state index in [4.69, 9.17) is 9.72 Å². The minimum absolute atomic E-state index is 0.509. The van der Waals surface area contributed by atoms with Gasteiger partial charge in [-0.05, 0) is 64.0 Å². The highest BCUT2D eigenvalue weighted by Gasteiger charge is 2.23.